The lowest BCUT2D eigenvalue weighted by molar-refractivity contribution is 0.0773. The molecule has 0 bridgehead atoms. The summed E-state index contributed by atoms with van der Waals surface area (Å²) in [6.07, 6.45) is 6.25. The molecule has 1 aliphatic rings. The van der Waals surface area contributed by atoms with Crippen LogP contribution in [-0.2, 0) is 0 Å². The zero-order valence-corrected chi connectivity index (χ0v) is 19.5. The van der Waals surface area contributed by atoms with Gasteiger partial charge in [0.1, 0.15) is 5.60 Å². The van der Waals surface area contributed by atoms with Gasteiger partial charge in [-0.15, -0.1) is 0 Å². The number of methoxy groups -OCH3 is 1. The number of fused-ring (bicyclic) bond motifs is 1. The number of benzene rings is 2. The van der Waals surface area contributed by atoms with E-state index < -0.39 is 0 Å². The first-order valence-corrected chi connectivity index (χ1v) is 11.5. The molecule has 2 aromatic rings. The lowest BCUT2D eigenvalue weighted by Crippen LogP contribution is -2.36. The molecule has 0 fully saturated rings. The van der Waals surface area contributed by atoms with Crippen molar-refractivity contribution < 1.29 is 14.3 Å². The van der Waals surface area contributed by atoms with E-state index in [-0.39, 0.29) is 11.5 Å². The van der Waals surface area contributed by atoms with E-state index in [1.54, 1.807) is 7.11 Å². The van der Waals surface area contributed by atoms with E-state index in [1.807, 2.05) is 43.0 Å². The summed E-state index contributed by atoms with van der Waals surface area (Å²) in [5.41, 5.74) is 3.63. The van der Waals surface area contributed by atoms with Gasteiger partial charge < -0.3 is 14.4 Å². The molecular formula is C27H35NO3. The van der Waals surface area contributed by atoms with E-state index >= 15 is 0 Å². The van der Waals surface area contributed by atoms with Crippen LogP contribution in [0.15, 0.2) is 48.5 Å². The zero-order valence-electron chi connectivity index (χ0n) is 19.5. The number of nitrogens with zero attached hydrogens (tertiary/aromatic N) is 1. The Morgan fingerprint density at radius 3 is 2.16 bits per heavy atom. The molecule has 0 radical (unpaired) electrons. The summed E-state index contributed by atoms with van der Waals surface area (Å²) >= 11 is 0. The molecule has 0 aliphatic carbocycles. The Hall–Kier alpha value is -2.75. The van der Waals surface area contributed by atoms with Crippen LogP contribution in [0.2, 0.25) is 0 Å². The highest BCUT2D eigenvalue weighted by molar-refractivity contribution is 5.95. The van der Waals surface area contributed by atoms with Crippen LogP contribution in [0.25, 0.3) is 5.57 Å². The molecular weight excluding hydrogens is 386 g/mol. The van der Waals surface area contributed by atoms with Crippen LogP contribution in [0.4, 0.5) is 0 Å². The molecule has 0 spiro atoms. The van der Waals surface area contributed by atoms with Gasteiger partial charge >= 0.3 is 0 Å². The molecule has 0 saturated heterocycles. The van der Waals surface area contributed by atoms with Crippen molar-refractivity contribution >= 4 is 11.5 Å². The van der Waals surface area contributed by atoms with Crippen molar-refractivity contribution in [2.75, 3.05) is 20.2 Å². The predicted molar refractivity (Wildman–Crippen MR) is 127 cm³/mol. The number of para-hydroxylation sites is 1. The minimum atomic E-state index is -0.351. The number of rotatable bonds is 9. The maximum absolute atomic E-state index is 12.7. The van der Waals surface area contributed by atoms with Crippen molar-refractivity contribution in [3.63, 3.8) is 0 Å². The Morgan fingerprint density at radius 1 is 0.968 bits per heavy atom. The Kier molecular flexibility index (Phi) is 7.42. The van der Waals surface area contributed by atoms with Crippen LogP contribution >= 0.6 is 0 Å². The van der Waals surface area contributed by atoms with Gasteiger partial charge in [-0.1, -0.05) is 51.0 Å². The summed E-state index contributed by atoms with van der Waals surface area (Å²) in [7, 11) is 1.69. The molecule has 0 aromatic heterocycles. The van der Waals surface area contributed by atoms with Crippen LogP contribution < -0.4 is 9.47 Å². The first kappa shape index (κ1) is 22.9. The normalized spacial score (nSPS) is 14.3. The van der Waals surface area contributed by atoms with Crippen molar-refractivity contribution in [2.24, 2.45) is 0 Å². The third kappa shape index (κ3) is 4.63. The average Bonchev–Trinajstić information content (AvgIpc) is 2.79. The average molecular weight is 422 g/mol. The summed E-state index contributed by atoms with van der Waals surface area (Å²) in [5.74, 6) is 1.64. The highest BCUT2D eigenvalue weighted by Gasteiger charge is 2.36. The molecule has 0 atom stereocenters. The van der Waals surface area contributed by atoms with Crippen molar-refractivity contribution in [3.05, 3.63) is 65.2 Å². The van der Waals surface area contributed by atoms with Crippen molar-refractivity contribution in [1.82, 2.24) is 4.90 Å². The van der Waals surface area contributed by atoms with Crippen LogP contribution in [0.3, 0.4) is 0 Å². The van der Waals surface area contributed by atoms with E-state index in [0.29, 0.717) is 13.1 Å². The van der Waals surface area contributed by atoms with Crippen LogP contribution in [0.1, 0.15) is 74.9 Å². The van der Waals surface area contributed by atoms with Gasteiger partial charge in [-0.2, -0.15) is 0 Å². The molecule has 4 heteroatoms. The van der Waals surface area contributed by atoms with Gasteiger partial charge in [0, 0.05) is 24.2 Å². The Bertz CT molecular complexity index is 920. The van der Waals surface area contributed by atoms with Crippen LogP contribution in [-0.4, -0.2) is 36.6 Å². The van der Waals surface area contributed by atoms with Gasteiger partial charge in [0.2, 0.25) is 0 Å². The fourth-order valence-corrected chi connectivity index (χ4v) is 4.51. The fraction of sp³-hybridized carbons (Fsp3) is 0.444. The van der Waals surface area contributed by atoms with E-state index in [4.69, 9.17) is 9.47 Å². The smallest absolute Gasteiger partial charge is 0.253 e. The van der Waals surface area contributed by atoms with E-state index in [0.717, 1.165) is 59.4 Å². The van der Waals surface area contributed by atoms with Crippen LogP contribution in [0.5, 0.6) is 11.5 Å². The second-order valence-electron chi connectivity index (χ2n) is 8.12. The summed E-state index contributed by atoms with van der Waals surface area (Å²) in [6, 6.07) is 14.0. The van der Waals surface area contributed by atoms with Crippen LogP contribution in [0, 0.1) is 0 Å². The number of carbonyl (C=O) groups is 1. The van der Waals surface area contributed by atoms with E-state index in [2.05, 4.69) is 38.1 Å². The highest BCUT2D eigenvalue weighted by Crippen LogP contribution is 2.47. The van der Waals surface area contributed by atoms with Crippen molar-refractivity contribution in [1.29, 1.82) is 0 Å². The standard InChI is InChI=1S/C27H35NO3/c1-6-17-27(18-7-2)19-23(22-11-10-12-24(30-5)25(22)31-27)20-13-15-21(16-14-20)26(29)28(8-3)9-4/h10-16,19H,6-9,17-18H2,1-5H3. The first-order valence-electron chi connectivity index (χ1n) is 11.5. The molecule has 2 aromatic carbocycles. The van der Waals surface area contributed by atoms with Gasteiger partial charge in [0.25, 0.3) is 5.91 Å². The second-order valence-corrected chi connectivity index (χ2v) is 8.12. The Labute approximate surface area is 186 Å². The minimum absolute atomic E-state index is 0.0749. The molecule has 1 amide bonds. The molecule has 3 rings (SSSR count). The fourth-order valence-electron chi connectivity index (χ4n) is 4.51. The second kappa shape index (κ2) is 10.0. The molecule has 166 valence electrons. The maximum atomic E-state index is 12.7. The van der Waals surface area contributed by atoms with Gasteiger partial charge in [-0.25, -0.2) is 0 Å². The van der Waals surface area contributed by atoms with Gasteiger partial charge in [0.05, 0.1) is 7.11 Å². The third-order valence-electron chi connectivity index (χ3n) is 6.04. The lowest BCUT2D eigenvalue weighted by Gasteiger charge is -2.38. The lowest BCUT2D eigenvalue weighted by atomic mass is 9.83. The molecule has 0 saturated carbocycles. The topological polar surface area (TPSA) is 38.8 Å². The molecule has 4 nitrogen and oxygen atoms in total. The maximum Gasteiger partial charge on any atom is 0.253 e. The van der Waals surface area contributed by atoms with Gasteiger partial charge in [0.15, 0.2) is 11.5 Å². The number of carbonyl (C=O) groups excluding carboxylic acids is 1. The predicted octanol–water partition coefficient (Wildman–Crippen LogP) is 6.34. The number of hydrogen-bond acceptors (Lipinski definition) is 3. The summed E-state index contributed by atoms with van der Waals surface area (Å²) in [5, 5.41) is 0. The number of hydrogen-bond donors (Lipinski definition) is 0. The largest absolute Gasteiger partial charge is 0.493 e. The monoisotopic (exact) mass is 421 g/mol. The molecule has 1 aliphatic heterocycles. The Balaban J connectivity index is 2.08. The Morgan fingerprint density at radius 2 is 1.61 bits per heavy atom. The molecule has 0 unspecified atom stereocenters. The summed E-state index contributed by atoms with van der Waals surface area (Å²) < 4.78 is 12.3. The molecule has 1 heterocycles. The number of amides is 1. The quantitative estimate of drug-likeness (QED) is 0.474. The zero-order chi connectivity index (χ0) is 22.4. The van der Waals surface area contributed by atoms with E-state index in [1.165, 1.54) is 0 Å². The van der Waals surface area contributed by atoms with E-state index in [9.17, 15) is 4.79 Å². The first-order chi connectivity index (χ1) is 15.0. The van der Waals surface area contributed by atoms with Gasteiger partial charge in [-0.05, 0) is 62.1 Å². The summed E-state index contributed by atoms with van der Waals surface area (Å²) in [4.78, 5) is 14.6. The van der Waals surface area contributed by atoms with Crippen molar-refractivity contribution in [3.8, 4) is 11.5 Å². The SMILES string of the molecule is CCCC1(CCC)C=C(c2ccc(C(=O)N(CC)CC)cc2)c2cccc(OC)c2O1. The molecule has 0 N–H and O–H groups in total. The third-order valence-corrected chi connectivity index (χ3v) is 6.04. The van der Waals surface area contributed by atoms with Crippen molar-refractivity contribution in [2.45, 2.75) is 59.0 Å². The highest BCUT2D eigenvalue weighted by atomic mass is 16.5. The number of ether oxygens (including phenoxy) is 2. The molecule has 31 heavy (non-hydrogen) atoms. The minimum Gasteiger partial charge on any atom is -0.493 e. The van der Waals surface area contributed by atoms with Gasteiger partial charge in [-0.3, -0.25) is 4.79 Å². The summed E-state index contributed by atoms with van der Waals surface area (Å²) in [6.45, 7) is 9.83.